The average Bonchev–Trinajstić information content (AvgIpc) is 3.25. The van der Waals surface area contributed by atoms with Crippen LogP contribution in [0.4, 0.5) is 0 Å². The van der Waals surface area contributed by atoms with Gasteiger partial charge in [0.2, 0.25) is 0 Å². The van der Waals surface area contributed by atoms with Crippen LogP contribution in [0.15, 0.2) is 27.8 Å². The van der Waals surface area contributed by atoms with Crippen LogP contribution in [0.25, 0.3) is 0 Å². The minimum absolute atomic E-state index is 0.279. The van der Waals surface area contributed by atoms with Crippen molar-refractivity contribution in [1.29, 1.82) is 0 Å². The Kier molecular flexibility index (Phi) is 5.40. The van der Waals surface area contributed by atoms with Crippen molar-refractivity contribution in [3.8, 4) is 5.75 Å². The number of ether oxygens (including phenoxy) is 2. The largest absolute Gasteiger partial charge is 0.479 e. The predicted octanol–water partition coefficient (Wildman–Crippen LogP) is 3.22. The molecule has 1 N–H and O–H groups in total. The Labute approximate surface area is 148 Å². The molecule has 1 saturated carbocycles. The van der Waals surface area contributed by atoms with Crippen molar-refractivity contribution in [1.82, 2.24) is 0 Å². The lowest BCUT2D eigenvalue weighted by molar-refractivity contribution is -0.145. The molecule has 0 aromatic heterocycles. The summed E-state index contributed by atoms with van der Waals surface area (Å²) in [4.78, 5) is 16.7. The number of carboxylic acids is 1. The highest BCUT2D eigenvalue weighted by Crippen LogP contribution is 2.35. The molecule has 1 aromatic rings. The number of aliphatic carboxylic acids is 1. The SMILES string of the molecule is CCOC1CON=C1c1cc(Br)ccc1OC(CC1CC1)C(=O)O. The molecular formula is C17H20BrNO5. The average molecular weight is 398 g/mol. The smallest absolute Gasteiger partial charge is 0.344 e. The highest BCUT2D eigenvalue weighted by atomic mass is 79.9. The fourth-order valence-electron chi connectivity index (χ4n) is 2.68. The van der Waals surface area contributed by atoms with E-state index < -0.39 is 12.1 Å². The minimum Gasteiger partial charge on any atom is -0.479 e. The first-order valence-corrected chi connectivity index (χ1v) is 8.88. The molecule has 0 spiro atoms. The van der Waals surface area contributed by atoms with Gasteiger partial charge in [-0.15, -0.1) is 0 Å². The van der Waals surface area contributed by atoms with Gasteiger partial charge in [0.1, 0.15) is 24.2 Å². The Hall–Kier alpha value is -1.60. The van der Waals surface area contributed by atoms with E-state index in [0.717, 1.165) is 17.3 Å². The first kappa shape index (κ1) is 17.2. The van der Waals surface area contributed by atoms with E-state index in [1.54, 1.807) is 6.07 Å². The molecular weight excluding hydrogens is 378 g/mol. The Morgan fingerprint density at radius 3 is 2.96 bits per heavy atom. The fourth-order valence-corrected chi connectivity index (χ4v) is 3.04. The van der Waals surface area contributed by atoms with Crippen molar-refractivity contribution in [2.75, 3.05) is 13.2 Å². The van der Waals surface area contributed by atoms with Gasteiger partial charge < -0.3 is 19.4 Å². The van der Waals surface area contributed by atoms with Gasteiger partial charge in [-0.2, -0.15) is 0 Å². The Morgan fingerprint density at radius 1 is 1.50 bits per heavy atom. The van der Waals surface area contributed by atoms with E-state index in [1.807, 2.05) is 19.1 Å². The van der Waals surface area contributed by atoms with Crippen molar-refractivity contribution in [2.24, 2.45) is 11.1 Å². The molecule has 0 bridgehead atoms. The van der Waals surface area contributed by atoms with Gasteiger partial charge >= 0.3 is 5.97 Å². The second kappa shape index (κ2) is 7.53. The van der Waals surface area contributed by atoms with E-state index >= 15 is 0 Å². The van der Waals surface area contributed by atoms with E-state index in [-0.39, 0.29) is 6.10 Å². The number of hydrogen-bond acceptors (Lipinski definition) is 5. The van der Waals surface area contributed by atoms with Crippen LogP contribution in [0, 0.1) is 5.92 Å². The standard InChI is InChI=1S/C17H20BrNO5/c1-2-22-15-9-23-19-16(15)12-8-11(18)5-6-13(12)24-14(17(20)21)7-10-3-4-10/h5-6,8,10,14-15H,2-4,7,9H2,1H3,(H,20,21). The third kappa shape index (κ3) is 4.08. The minimum atomic E-state index is -0.943. The van der Waals surface area contributed by atoms with Crippen LogP contribution in [-0.2, 0) is 14.4 Å². The van der Waals surface area contributed by atoms with Gasteiger partial charge in [-0.25, -0.2) is 4.79 Å². The van der Waals surface area contributed by atoms with Gasteiger partial charge in [-0.05, 0) is 37.5 Å². The molecule has 6 nitrogen and oxygen atoms in total. The third-order valence-corrected chi connectivity index (χ3v) is 4.56. The summed E-state index contributed by atoms with van der Waals surface area (Å²) in [6, 6.07) is 5.43. The van der Waals surface area contributed by atoms with Gasteiger partial charge in [-0.3, -0.25) is 0 Å². The van der Waals surface area contributed by atoms with Gasteiger partial charge in [0.05, 0.1) is 0 Å². The lowest BCUT2D eigenvalue weighted by Gasteiger charge is -2.19. The molecule has 1 aliphatic heterocycles. The van der Waals surface area contributed by atoms with Crippen molar-refractivity contribution in [3.63, 3.8) is 0 Å². The number of halogens is 1. The van der Waals surface area contributed by atoms with Crippen LogP contribution in [0.3, 0.4) is 0 Å². The lowest BCUT2D eigenvalue weighted by atomic mass is 10.0. The number of carboxylic acid groups (broad SMARTS) is 1. The van der Waals surface area contributed by atoms with E-state index in [1.165, 1.54) is 0 Å². The molecule has 2 atom stereocenters. The highest BCUT2D eigenvalue weighted by Gasteiger charge is 2.33. The number of nitrogens with zero attached hydrogens (tertiary/aromatic N) is 1. The Bertz CT molecular complexity index is 644. The summed E-state index contributed by atoms with van der Waals surface area (Å²) in [6.07, 6.45) is 1.55. The zero-order valence-corrected chi connectivity index (χ0v) is 15.0. The number of oxime groups is 1. The van der Waals surface area contributed by atoms with Crippen molar-refractivity contribution in [3.05, 3.63) is 28.2 Å². The van der Waals surface area contributed by atoms with Gasteiger partial charge in [0, 0.05) is 16.6 Å². The van der Waals surface area contributed by atoms with Gasteiger partial charge in [0.15, 0.2) is 6.10 Å². The maximum atomic E-state index is 11.5. The van der Waals surface area contributed by atoms with E-state index in [2.05, 4.69) is 21.1 Å². The molecule has 0 radical (unpaired) electrons. The van der Waals surface area contributed by atoms with E-state index in [0.29, 0.717) is 42.6 Å². The molecule has 0 saturated heterocycles. The maximum absolute atomic E-state index is 11.5. The number of carbonyl (C=O) groups is 1. The van der Waals surface area contributed by atoms with Crippen LogP contribution < -0.4 is 4.74 Å². The number of benzene rings is 1. The number of hydrogen-bond donors (Lipinski definition) is 1. The summed E-state index contributed by atoms with van der Waals surface area (Å²) in [6.45, 7) is 2.79. The summed E-state index contributed by atoms with van der Waals surface area (Å²) >= 11 is 3.44. The quantitative estimate of drug-likeness (QED) is 0.728. The first-order valence-electron chi connectivity index (χ1n) is 8.09. The van der Waals surface area contributed by atoms with Crippen LogP contribution in [-0.4, -0.2) is 42.2 Å². The molecule has 2 unspecified atom stereocenters. The summed E-state index contributed by atoms with van der Waals surface area (Å²) in [5.74, 6) is -0.00438. The molecule has 3 rings (SSSR count). The lowest BCUT2D eigenvalue weighted by Crippen LogP contribution is -2.30. The van der Waals surface area contributed by atoms with Crippen LogP contribution in [0.5, 0.6) is 5.75 Å². The normalized spacial score (nSPS) is 21.1. The van der Waals surface area contributed by atoms with E-state index in [4.69, 9.17) is 14.3 Å². The van der Waals surface area contributed by atoms with Crippen molar-refractivity contribution in [2.45, 2.75) is 38.4 Å². The van der Waals surface area contributed by atoms with E-state index in [9.17, 15) is 9.90 Å². The van der Waals surface area contributed by atoms with Crippen molar-refractivity contribution >= 4 is 27.6 Å². The summed E-state index contributed by atoms with van der Waals surface area (Å²) in [5.41, 5.74) is 1.33. The summed E-state index contributed by atoms with van der Waals surface area (Å²) in [5, 5.41) is 13.5. The number of rotatable bonds is 8. The van der Waals surface area contributed by atoms with Crippen LogP contribution >= 0.6 is 15.9 Å². The molecule has 1 heterocycles. The summed E-state index contributed by atoms with van der Waals surface area (Å²) < 4.78 is 12.3. The molecule has 24 heavy (non-hydrogen) atoms. The Morgan fingerprint density at radius 2 is 2.29 bits per heavy atom. The molecule has 130 valence electrons. The topological polar surface area (TPSA) is 77.3 Å². The third-order valence-electron chi connectivity index (χ3n) is 4.07. The summed E-state index contributed by atoms with van der Waals surface area (Å²) in [7, 11) is 0. The predicted molar refractivity (Wildman–Crippen MR) is 91.4 cm³/mol. The van der Waals surface area contributed by atoms with Crippen LogP contribution in [0.1, 0.15) is 31.7 Å². The monoisotopic (exact) mass is 397 g/mol. The molecule has 1 aromatic carbocycles. The molecule has 1 fully saturated rings. The maximum Gasteiger partial charge on any atom is 0.344 e. The first-order chi connectivity index (χ1) is 11.6. The second-order valence-corrected chi connectivity index (χ2v) is 6.90. The molecule has 2 aliphatic rings. The second-order valence-electron chi connectivity index (χ2n) is 5.98. The molecule has 7 heteroatoms. The highest BCUT2D eigenvalue weighted by molar-refractivity contribution is 9.10. The van der Waals surface area contributed by atoms with Gasteiger partial charge in [0.25, 0.3) is 0 Å². The van der Waals surface area contributed by atoms with Gasteiger partial charge in [-0.1, -0.05) is 33.9 Å². The molecule has 0 amide bonds. The zero-order valence-electron chi connectivity index (χ0n) is 13.4. The fraction of sp³-hybridized carbons (Fsp3) is 0.529. The molecule has 1 aliphatic carbocycles. The zero-order chi connectivity index (χ0) is 17.1. The van der Waals surface area contributed by atoms with Crippen LogP contribution in [0.2, 0.25) is 0 Å². The van der Waals surface area contributed by atoms with Crippen molar-refractivity contribution < 1.29 is 24.2 Å². The Balaban J connectivity index is 1.86.